The fourth-order valence-electron chi connectivity index (χ4n) is 2.35. The lowest BCUT2D eigenvalue weighted by Crippen LogP contribution is -2.53. The summed E-state index contributed by atoms with van der Waals surface area (Å²) in [4.78, 5) is 2.46. The van der Waals surface area contributed by atoms with Crippen molar-refractivity contribution < 1.29 is 4.74 Å². The molecule has 1 N–H and O–H groups in total. The predicted molar refractivity (Wildman–Crippen MR) is 68.7 cm³/mol. The zero-order chi connectivity index (χ0) is 12.7. The van der Waals surface area contributed by atoms with Crippen molar-refractivity contribution in [1.82, 2.24) is 10.2 Å². The molecule has 0 amide bonds. The van der Waals surface area contributed by atoms with E-state index in [0.717, 1.165) is 39.0 Å². The quantitative estimate of drug-likeness (QED) is 0.708. The van der Waals surface area contributed by atoms with Gasteiger partial charge in [-0.05, 0) is 18.8 Å². The molecule has 0 aromatic rings. The molecule has 0 saturated carbocycles. The van der Waals surface area contributed by atoms with Gasteiger partial charge in [-0.25, -0.2) is 0 Å². The van der Waals surface area contributed by atoms with E-state index in [4.69, 9.17) is 4.74 Å². The van der Waals surface area contributed by atoms with Crippen molar-refractivity contribution >= 4 is 0 Å². The summed E-state index contributed by atoms with van der Waals surface area (Å²) in [5.41, 5.74) is -0.327. The highest BCUT2D eigenvalue weighted by Crippen LogP contribution is 2.22. The average Bonchev–Trinajstić information content (AvgIpc) is 2.31. The van der Waals surface area contributed by atoms with Crippen LogP contribution in [0.2, 0.25) is 0 Å². The van der Waals surface area contributed by atoms with Gasteiger partial charge in [-0.2, -0.15) is 5.26 Å². The number of ether oxygens (including phenoxy) is 1. The van der Waals surface area contributed by atoms with Gasteiger partial charge in [0.15, 0.2) is 0 Å². The van der Waals surface area contributed by atoms with Gasteiger partial charge in [0.2, 0.25) is 0 Å². The first kappa shape index (κ1) is 14.4. The summed E-state index contributed by atoms with van der Waals surface area (Å²) >= 11 is 0. The summed E-state index contributed by atoms with van der Waals surface area (Å²) in [7, 11) is 1.69. The normalized spacial score (nSPS) is 20.4. The SMILES string of the molecule is COCCNC1(C#N)CCN(CC(C)C)CC1. The minimum Gasteiger partial charge on any atom is -0.383 e. The number of methoxy groups -OCH3 is 1. The Morgan fingerprint density at radius 3 is 2.53 bits per heavy atom. The van der Waals surface area contributed by atoms with Crippen molar-refractivity contribution in [3.05, 3.63) is 0 Å². The van der Waals surface area contributed by atoms with E-state index >= 15 is 0 Å². The molecule has 0 aliphatic carbocycles. The first-order valence-electron chi connectivity index (χ1n) is 6.49. The Bertz CT molecular complexity index is 252. The largest absolute Gasteiger partial charge is 0.383 e. The fraction of sp³-hybridized carbons (Fsp3) is 0.923. The molecule has 1 aliphatic heterocycles. The summed E-state index contributed by atoms with van der Waals surface area (Å²) in [6, 6.07) is 2.46. The van der Waals surface area contributed by atoms with Crippen LogP contribution in [0.3, 0.4) is 0 Å². The van der Waals surface area contributed by atoms with Crippen molar-refractivity contribution in [2.24, 2.45) is 5.92 Å². The van der Waals surface area contributed by atoms with E-state index in [1.54, 1.807) is 7.11 Å². The van der Waals surface area contributed by atoms with Crippen LogP contribution in [-0.4, -0.2) is 50.3 Å². The molecule has 17 heavy (non-hydrogen) atoms. The van der Waals surface area contributed by atoms with Crippen molar-refractivity contribution in [2.45, 2.75) is 32.2 Å². The van der Waals surface area contributed by atoms with Gasteiger partial charge in [-0.1, -0.05) is 13.8 Å². The molecule has 0 aromatic heterocycles. The second-order valence-electron chi connectivity index (χ2n) is 5.31. The highest BCUT2D eigenvalue weighted by atomic mass is 16.5. The number of rotatable bonds is 6. The van der Waals surface area contributed by atoms with E-state index in [1.165, 1.54) is 0 Å². The minimum absolute atomic E-state index is 0.327. The zero-order valence-corrected chi connectivity index (χ0v) is 11.3. The Labute approximate surface area is 105 Å². The Kier molecular flexibility index (Phi) is 5.90. The highest BCUT2D eigenvalue weighted by Gasteiger charge is 2.33. The van der Waals surface area contributed by atoms with E-state index in [2.05, 4.69) is 30.1 Å². The molecule has 0 unspecified atom stereocenters. The summed E-state index contributed by atoms with van der Waals surface area (Å²) in [5, 5.41) is 12.7. The Hall–Kier alpha value is -0.630. The van der Waals surface area contributed by atoms with Gasteiger partial charge in [-0.3, -0.25) is 5.32 Å². The molecule has 0 aromatic carbocycles. The Morgan fingerprint density at radius 1 is 1.41 bits per heavy atom. The topological polar surface area (TPSA) is 48.3 Å². The number of nitriles is 1. The zero-order valence-electron chi connectivity index (χ0n) is 11.3. The van der Waals surface area contributed by atoms with E-state index in [9.17, 15) is 5.26 Å². The van der Waals surface area contributed by atoms with Crippen LogP contribution in [0.1, 0.15) is 26.7 Å². The average molecular weight is 239 g/mol. The van der Waals surface area contributed by atoms with Gasteiger partial charge < -0.3 is 9.64 Å². The number of nitrogens with one attached hydrogen (secondary N) is 1. The molecule has 4 nitrogen and oxygen atoms in total. The van der Waals surface area contributed by atoms with Crippen molar-refractivity contribution in [1.29, 1.82) is 5.26 Å². The molecule has 98 valence electrons. The summed E-state index contributed by atoms with van der Waals surface area (Å²) in [5.74, 6) is 0.700. The monoisotopic (exact) mass is 239 g/mol. The minimum atomic E-state index is -0.327. The molecule has 1 heterocycles. The molecule has 1 rings (SSSR count). The molecule has 1 aliphatic rings. The first-order valence-corrected chi connectivity index (χ1v) is 6.49. The van der Waals surface area contributed by atoms with Crippen molar-refractivity contribution in [3.63, 3.8) is 0 Å². The fourth-order valence-corrected chi connectivity index (χ4v) is 2.35. The van der Waals surface area contributed by atoms with Gasteiger partial charge in [0, 0.05) is 33.3 Å². The van der Waals surface area contributed by atoms with E-state index in [0.29, 0.717) is 12.5 Å². The predicted octanol–water partition coefficient (Wildman–Crippen LogP) is 1.24. The third-order valence-corrected chi connectivity index (χ3v) is 3.32. The lowest BCUT2D eigenvalue weighted by Gasteiger charge is -2.38. The van der Waals surface area contributed by atoms with Crippen LogP contribution in [0.4, 0.5) is 0 Å². The van der Waals surface area contributed by atoms with Crippen LogP contribution in [0, 0.1) is 17.2 Å². The second-order valence-corrected chi connectivity index (χ2v) is 5.31. The maximum Gasteiger partial charge on any atom is 0.109 e. The molecule has 0 bridgehead atoms. The number of piperidine rings is 1. The van der Waals surface area contributed by atoms with Gasteiger partial charge in [0.1, 0.15) is 5.54 Å². The lowest BCUT2D eigenvalue weighted by atomic mass is 9.88. The van der Waals surface area contributed by atoms with Gasteiger partial charge in [-0.15, -0.1) is 0 Å². The van der Waals surface area contributed by atoms with E-state index < -0.39 is 0 Å². The van der Waals surface area contributed by atoms with Gasteiger partial charge in [0.05, 0.1) is 12.7 Å². The summed E-state index contributed by atoms with van der Waals surface area (Å²) < 4.78 is 5.01. The molecular formula is C13H25N3O. The number of hydrogen-bond acceptors (Lipinski definition) is 4. The third kappa shape index (κ3) is 4.63. The number of likely N-dealkylation sites (tertiary alicyclic amines) is 1. The standard InChI is InChI=1S/C13H25N3O/c1-12(2)10-16-7-4-13(11-14,5-8-16)15-6-9-17-3/h12,15H,4-10H2,1-3H3. The lowest BCUT2D eigenvalue weighted by molar-refractivity contribution is 0.139. The van der Waals surface area contributed by atoms with Gasteiger partial charge >= 0.3 is 0 Å². The van der Waals surface area contributed by atoms with Gasteiger partial charge in [0.25, 0.3) is 0 Å². The van der Waals surface area contributed by atoms with E-state index in [-0.39, 0.29) is 5.54 Å². The molecular weight excluding hydrogens is 214 g/mol. The molecule has 1 saturated heterocycles. The van der Waals surface area contributed by atoms with Crippen LogP contribution in [-0.2, 0) is 4.74 Å². The van der Waals surface area contributed by atoms with Crippen molar-refractivity contribution in [3.8, 4) is 6.07 Å². The maximum atomic E-state index is 9.34. The molecule has 1 fully saturated rings. The van der Waals surface area contributed by atoms with Crippen LogP contribution >= 0.6 is 0 Å². The number of hydrogen-bond donors (Lipinski definition) is 1. The first-order chi connectivity index (χ1) is 8.12. The summed E-state index contributed by atoms with van der Waals surface area (Å²) in [6.45, 7) is 9.08. The van der Waals surface area contributed by atoms with Crippen LogP contribution in [0.25, 0.3) is 0 Å². The van der Waals surface area contributed by atoms with Crippen LogP contribution < -0.4 is 5.32 Å². The second kappa shape index (κ2) is 6.95. The highest BCUT2D eigenvalue weighted by molar-refractivity contribution is 5.09. The van der Waals surface area contributed by atoms with Crippen LogP contribution in [0.5, 0.6) is 0 Å². The maximum absolute atomic E-state index is 9.34. The number of nitrogens with zero attached hydrogens (tertiary/aromatic N) is 2. The Morgan fingerprint density at radius 2 is 2.06 bits per heavy atom. The molecule has 4 heteroatoms. The Balaban J connectivity index is 2.38. The molecule has 0 atom stereocenters. The molecule has 0 spiro atoms. The van der Waals surface area contributed by atoms with Crippen LogP contribution in [0.15, 0.2) is 0 Å². The van der Waals surface area contributed by atoms with E-state index in [1.807, 2.05) is 0 Å². The molecule has 0 radical (unpaired) electrons. The third-order valence-electron chi connectivity index (χ3n) is 3.32. The summed E-state index contributed by atoms with van der Waals surface area (Å²) in [6.07, 6.45) is 1.83. The smallest absolute Gasteiger partial charge is 0.109 e. The van der Waals surface area contributed by atoms with Crippen molar-refractivity contribution in [2.75, 3.05) is 39.9 Å².